The van der Waals surface area contributed by atoms with E-state index in [2.05, 4.69) is 0 Å². The van der Waals surface area contributed by atoms with Crippen LogP contribution in [0.25, 0.3) is 0 Å². The van der Waals surface area contributed by atoms with Crippen molar-refractivity contribution in [2.75, 3.05) is 0 Å². The molecule has 3 heteroatoms. The van der Waals surface area contributed by atoms with Crippen molar-refractivity contribution in [3.8, 4) is 0 Å². The lowest BCUT2D eigenvalue weighted by Crippen LogP contribution is -2.18. The van der Waals surface area contributed by atoms with Gasteiger partial charge in [0.2, 0.25) is 5.78 Å². The van der Waals surface area contributed by atoms with Gasteiger partial charge < -0.3 is 9.84 Å². The van der Waals surface area contributed by atoms with Crippen LogP contribution >= 0.6 is 0 Å². The van der Waals surface area contributed by atoms with Crippen molar-refractivity contribution >= 4 is 5.78 Å². The third-order valence-corrected chi connectivity index (χ3v) is 2.76. The van der Waals surface area contributed by atoms with Crippen molar-refractivity contribution in [1.29, 1.82) is 0 Å². The third kappa shape index (κ3) is 1.30. The summed E-state index contributed by atoms with van der Waals surface area (Å²) in [6, 6.07) is 0. The number of fused-ring (bicyclic) bond motifs is 1. The zero-order valence-electron chi connectivity index (χ0n) is 9.34. The summed E-state index contributed by atoms with van der Waals surface area (Å²) in [6.07, 6.45) is 1.93. The monoisotopic (exact) mass is 206 g/mol. The van der Waals surface area contributed by atoms with E-state index in [0.29, 0.717) is 16.9 Å². The highest BCUT2D eigenvalue weighted by atomic mass is 16.5. The molecule has 1 aliphatic carbocycles. The van der Waals surface area contributed by atoms with Crippen LogP contribution in [0.2, 0.25) is 0 Å². The molecular weight excluding hydrogens is 192 g/mol. The lowest BCUT2D eigenvalue weighted by Gasteiger charge is -2.20. The molecule has 0 unspecified atom stereocenters. The Balaban J connectivity index is 2.64. The maximum Gasteiger partial charge on any atom is 0.227 e. The Kier molecular flexibility index (Phi) is 1.84. The van der Waals surface area contributed by atoms with Crippen LogP contribution in [0.1, 0.15) is 27.7 Å². The zero-order valence-corrected chi connectivity index (χ0v) is 9.34. The van der Waals surface area contributed by atoms with E-state index in [1.807, 2.05) is 19.9 Å². The average Bonchev–Trinajstić information content (AvgIpc) is 2.48. The standard InChI is InChI=1S/C12H14O3/c1-6-8-5-12(3,4)15-11(8)7(2)10(14)9(6)13/h5,13H,1-4H3. The zero-order chi connectivity index (χ0) is 11.4. The van der Waals surface area contributed by atoms with Crippen LogP contribution in [-0.4, -0.2) is 16.5 Å². The molecule has 15 heavy (non-hydrogen) atoms. The first-order valence-electron chi connectivity index (χ1n) is 4.91. The fourth-order valence-corrected chi connectivity index (χ4v) is 1.90. The van der Waals surface area contributed by atoms with Crippen molar-refractivity contribution in [3.63, 3.8) is 0 Å². The molecule has 0 aromatic heterocycles. The molecule has 0 aromatic rings. The van der Waals surface area contributed by atoms with Crippen LogP contribution in [0, 0.1) is 0 Å². The van der Waals surface area contributed by atoms with Gasteiger partial charge in [-0.15, -0.1) is 0 Å². The van der Waals surface area contributed by atoms with Gasteiger partial charge in [0.15, 0.2) is 5.76 Å². The molecule has 3 nitrogen and oxygen atoms in total. The Morgan fingerprint density at radius 2 is 1.87 bits per heavy atom. The van der Waals surface area contributed by atoms with E-state index in [1.54, 1.807) is 13.8 Å². The summed E-state index contributed by atoms with van der Waals surface area (Å²) in [5.41, 5.74) is 1.52. The van der Waals surface area contributed by atoms with Gasteiger partial charge in [-0.05, 0) is 33.8 Å². The van der Waals surface area contributed by atoms with E-state index in [0.717, 1.165) is 5.57 Å². The Morgan fingerprint density at radius 3 is 2.47 bits per heavy atom. The van der Waals surface area contributed by atoms with Gasteiger partial charge in [0.1, 0.15) is 11.4 Å². The highest BCUT2D eigenvalue weighted by Crippen LogP contribution is 2.41. The van der Waals surface area contributed by atoms with E-state index in [9.17, 15) is 9.90 Å². The third-order valence-electron chi connectivity index (χ3n) is 2.76. The van der Waals surface area contributed by atoms with Crippen molar-refractivity contribution in [1.82, 2.24) is 0 Å². The summed E-state index contributed by atoms with van der Waals surface area (Å²) >= 11 is 0. The molecule has 0 saturated carbocycles. The van der Waals surface area contributed by atoms with Gasteiger partial charge in [0.05, 0.1) is 0 Å². The Hall–Kier alpha value is -1.51. The molecule has 1 N–H and O–H groups in total. The molecule has 0 amide bonds. The normalized spacial score (nSPS) is 24.0. The first-order chi connectivity index (χ1) is 6.83. The quantitative estimate of drug-likeness (QED) is 0.662. The fourth-order valence-electron chi connectivity index (χ4n) is 1.90. The highest BCUT2D eigenvalue weighted by molar-refractivity contribution is 6.09. The molecule has 0 saturated heterocycles. The van der Waals surface area contributed by atoms with Crippen LogP contribution in [-0.2, 0) is 9.53 Å². The number of ketones is 1. The lowest BCUT2D eigenvalue weighted by atomic mass is 9.91. The summed E-state index contributed by atoms with van der Waals surface area (Å²) in [6.45, 7) is 7.26. The van der Waals surface area contributed by atoms with Gasteiger partial charge in [0, 0.05) is 16.7 Å². The SMILES string of the molecule is CC1=C(O)C(=O)C(C)=C2OC(C)(C)C=C12. The largest absolute Gasteiger partial charge is 0.504 e. The predicted octanol–water partition coefficient (Wildman–Crippen LogP) is 2.41. The second kappa shape index (κ2) is 2.75. The fraction of sp³-hybridized carbons (Fsp3) is 0.417. The number of allylic oxidation sites excluding steroid dienone is 2. The van der Waals surface area contributed by atoms with Gasteiger partial charge in [0.25, 0.3) is 0 Å². The van der Waals surface area contributed by atoms with E-state index in [1.165, 1.54) is 0 Å². The minimum atomic E-state index is -0.405. The van der Waals surface area contributed by atoms with Crippen molar-refractivity contribution < 1.29 is 14.6 Å². The smallest absolute Gasteiger partial charge is 0.227 e. The number of ether oxygens (including phenoxy) is 1. The van der Waals surface area contributed by atoms with Crippen molar-refractivity contribution in [2.24, 2.45) is 0 Å². The lowest BCUT2D eigenvalue weighted by molar-refractivity contribution is -0.115. The second-order valence-electron chi connectivity index (χ2n) is 4.52. The molecule has 0 radical (unpaired) electrons. The van der Waals surface area contributed by atoms with Crippen LogP contribution in [0.3, 0.4) is 0 Å². The summed E-state index contributed by atoms with van der Waals surface area (Å²) < 4.78 is 5.68. The molecule has 1 heterocycles. The van der Waals surface area contributed by atoms with Crippen LogP contribution < -0.4 is 0 Å². The van der Waals surface area contributed by atoms with E-state index >= 15 is 0 Å². The molecule has 0 spiro atoms. The molecule has 0 aromatic carbocycles. The summed E-state index contributed by atoms with van der Waals surface area (Å²) in [5, 5.41) is 9.63. The second-order valence-corrected chi connectivity index (χ2v) is 4.52. The molecular formula is C12H14O3. The number of rotatable bonds is 0. The molecule has 2 rings (SSSR count). The summed E-state index contributed by atoms with van der Waals surface area (Å²) in [4.78, 5) is 11.6. The van der Waals surface area contributed by atoms with Crippen molar-refractivity contribution in [3.05, 3.63) is 34.3 Å². The number of aliphatic hydroxyl groups excluding tert-OH is 1. The average molecular weight is 206 g/mol. The van der Waals surface area contributed by atoms with Crippen LogP contribution in [0.4, 0.5) is 0 Å². The molecule has 80 valence electrons. The maximum absolute atomic E-state index is 11.6. The van der Waals surface area contributed by atoms with Crippen molar-refractivity contribution in [2.45, 2.75) is 33.3 Å². The first-order valence-corrected chi connectivity index (χ1v) is 4.91. The topological polar surface area (TPSA) is 46.5 Å². The van der Waals surface area contributed by atoms with E-state index in [4.69, 9.17) is 4.74 Å². The van der Waals surface area contributed by atoms with Gasteiger partial charge in [-0.3, -0.25) is 4.79 Å². The first kappa shape index (κ1) is 10.0. The Morgan fingerprint density at radius 1 is 1.27 bits per heavy atom. The van der Waals surface area contributed by atoms with Gasteiger partial charge in [-0.2, -0.15) is 0 Å². The van der Waals surface area contributed by atoms with Gasteiger partial charge >= 0.3 is 0 Å². The van der Waals surface area contributed by atoms with E-state index in [-0.39, 0.29) is 11.5 Å². The molecule has 2 aliphatic rings. The number of aliphatic hydroxyl groups is 1. The number of carbonyl (C=O) groups excluding carboxylic acids is 1. The molecule has 0 atom stereocenters. The number of carbonyl (C=O) groups is 1. The predicted molar refractivity (Wildman–Crippen MR) is 56.3 cm³/mol. The Labute approximate surface area is 88.7 Å². The number of Topliss-reactive ketones (excluding diaryl/α,β-unsaturated/α-hetero) is 1. The number of hydrogen-bond donors (Lipinski definition) is 1. The van der Waals surface area contributed by atoms with Gasteiger partial charge in [-0.1, -0.05) is 0 Å². The molecule has 1 aliphatic heterocycles. The summed E-state index contributed by atoms with van der Waals surface area (Å²) in [5.74, 6) is 0.112. The maximum atomic E-state index is 11.6. The number of hydrogen-bond acceptors (Lipinski definition) is 3. The van der Waals surface area contributed by atoms with E-state index < -0.39 is 5.60 Å². The van der Waals surface area contributed by atoms with Crippen LogP contribution in [0.15, 0.2) is 34.3 Å². The molecule has 0 bridgehead atoms. The Bertz CT molecular complexity index is 447. The highest BCUT2D eigenvalue weighted by Gasteiger charge is 2.37. The minimum absolute atomic E-state index is 0.163. The molecule has 0 fully saturated rings. The minimum Gasteiger partial charge on any atom is -0.504 e. The van der Waals surface area contributed by atoms with Crippen LogP contribution in [0.5, 0.6) is 0 Å². The van der Waals surface area contributed by atoms with Gasteiger partial charge in [-0.25, -0.2) is 0 Å². The summed E-state index contributed by atoms with van der Waals surface area (Å²) in [7, 11) is 0.